The topological polar surface area (TPSA) is 48.0 Å². The highest BCUT2D eigenvalue weighted by Gasteiger charge is 2.34. The molecule has 5 heteroatoms. The number of hydrogen-bond donors (Lipinski definition) is 1. The molecule has 1 aliphatic rings. The normalized spacial score (nSPS) is 17.7. The molecular weight excluding hydrogens is 334 g/mol. The average Bonchev–Trinajstić information content (AvgIpc) is 3.15. The maximum Gasteiger partial charge on any atom is 0.209 e. The van der Waals surface area contributed by atoms with Crippen molar-refractivity contribution in [2.24, 2.45) is 5.92 Å². The molecule has 0 amide bonds. The summed E-state index contributed by atoms with van der Waals surface area (Å²) in [6, 6.07) is 19.7. The first-order valence-corrected chi connectivity index (χ1v) is 9.93. The third kappa shape index (κ3) is 3.93. The van der Waals surface area contributed by atoms with Crippen LogP contribution in [0.1, 0.15) is 42.4 Å². The van der Waals surface area contributed by atoms with Gasteiger partial charge in [-0.25, -0.2) is 4.68 Å². The minimum atomic E-state index is 0.309. The molecule has 1 aliphatic heterocycles. The summed E-state index contributed by atoms with van der Waals surface area (Å²) in [5, 5.41) is 12.8. The zero-order valence-electron chi connectivity index (χ0n) is 16.2. The number of nitrogens with one attached hydrogen (secondary N) is 1. The van der Waals surface area contributed by atoms with Crippen LogP contribution < -0.4 is 4.90 Å². The lowest BCUT2D eigenvalue weighted by Crippen LogP contribution is -3.12. The fraction of sp³-hybridized carbons (Fsp3) is 0.409. The molecule has 0 saturated carbocycles. The van der Waals surface area contributed by atoms with Gasteiger partial charge in [-0.1, -0.05) is 68.4 Å². The smallest absolute Gasteiger partial charge is 0.209 e. The predicted molar refractivity (Wildman–Crippen MR) is 105 cm³/mol. The number of hydrogen-bond acceptors (Lipinski definition) is 3. The molecule has 0 fully saturated rings. The van der Waals surface area contributed by atoms with Crippen LogP contribution in [0.2, 0.25) is 0 Å². The summed E-state index contributed by atoms with van der Waals surface area (Å²) in [5.74, 6) is 1.50. The summed E-state index contributed by atoms with van der Waals surface area (Å²) in [7, 11) is 0. The first-order valence-electron chi connectivity index (χ1n) is 9.93. The van der Waals surface area contributed by atoms with Gasteiger partial charge < -0.3 is 4.90 Å². The molecule has 2 atom stereocenters. The van der Waals surface area contributed by atoms with E-state index in [1.807, 2.05) is 4.68 Å². The summed E-state index contributed by atoms with van der Waals surface area (Å²) in [6.07, 6.45) is 2.07. The van der Waals surface area contributed by atoms with Gasteiger partial charge in [-0.05, 0) is 28.0 Å². The average molecular weight is 363 g/mol. The molecule has 1 N–H and O–H groups in total. The minimum Gasteiger partial charge on any atom is -0.322 e. The Morgan fingerprint density at radius 1 is 1.00 bits per heavy atom. The quantitative estimate of drug-likeness (QED) is 0.732. The number of fused-ring (bicyclic) bond motifs is 1. The van der Waals surface area contributed by atoms with Crippen LogP contribution in [0.25, 0.3) is 0 Å². The van der Waals surface area contributed by atoms with Gasteiger partial charge in [-0.3, -0.25) is 0 Å². The van der Waals surface area contributed by atoms with Crippen molar-refractivity contribution >= 4 is 0 Å². The van der Waals surface area contributed by atoms with Crippen LogP contribution in [-0.4, -0.2) is 26.8 Å². The lowest BCUT2D eigenvalue weighted by atomic mass is 9.94. The van der Waals surface area contributed by atoms with Crippen molar-refractivity contribution in [3.05, 3.63) is 77.1 Å². The second-order valence-corrected chi connectivity index (χ2v) is 7.82. The standard InChI is InChI=1S/C22H27N5/c1-17(2)21(26-14-13-19-10-6-7-11-20(19)16-26)22-23-24-25-27(22)15-12-18-8-4-3-5-9-18/h3-11,17,21H,12-16H2,1-2H3/p+1/t21-/m0/s1. The summed E-state index contributed by atoms with van der Waals surface area (Å²) in [4.78, 5) is 1.57. The highest BCUT2D eigenvalue weighted by atomic mass is 15.5. The molecule has 0 aliphatic carbocycles. The molecule has 0 spiro atoms. The van der Waals surface area contributed by atoms with Crippen molar-refractivity contribution in [3.8, 4) is 0 Å². The fourth-order valence-corrected chi connectivity index (χ4v) is 4.29. The minimum absolute atomic E-state index is 0.309. The molecule has 4 rings (SSSR count). The Balaban J connectivity index is 1.54. The summed E-state index contributed by atoms with van der Waals surface area (Å²) in [5.41, 5.74) is 4.28. The number of aromatic nitrogens is 4. The number of nitrogens with zero attached hydrogens (tertiary/aromatic N) is 4. The molecule has 0 radical (unpaired) electrons. The monoisotopic (exact) mass is 362 g/mol. The molecule has 1 aromatic heterocycles. The lowest BCUT2D eigenvalue weighted by molar-refractivity contribution is -0.951. The van der Waals surface area contributed by atoms with E-state index < -0.39 is 0 Å². The van der Waals surface area contributed by atoms with Gasteiger partial charge in [0.2, 0.25) is 5.82 Å². The Bertz CT molecular complexity index is 871. The fourth-order valence-electron chi connectivity index (χ4n) is 4.29. The molecule has 0 saturated heterocycles. The molecule has 2 aromatic carbocycles. The van der Waals surface area contributed by atoms with Crippen LogP contribution >= 0.6 is 0 Å². The predicted octanol–water partition coefficient (Wildman–Crippen LogP) is 2.25. The van der Waals surface area contributed by atoms with E-state index >= 15 is 0 Å². The van der Waals surface area contributed by atoms with E-state index in [2.05, 4.69) is 84.0 Å². The molecular formula is C22H28N5+. The summed E-state index contributed by atoms with van der Waals surface area (Å²) >= 11 is 0. The maximum atomic E-state index is 4.46. The van der Waals surface area contributed by atoms with E-state index in [1.165, 1.54) is 16.7 Å². The van der Waals surface area contributed by atoms with Crippen molar-refractivity contribution in [2.45, 2.75) is 45.8 Å². The van der Waals surface area contributed by atoms with E-state index in [1.54, 1.807) is 4.90 Å². The SMILES string of the molecule is CC(C)[C@@H](c1nnnn1CCc1ccccc1)[NH+]1CCc2ccccc2C1. The Morgan fingerprint density at radius 3 is 2.52 bits per heavy atom. The third-order valence-corrected chi connectivity index (χ3v) is 5.65. The van der Waals surface area contributed by atoms with Crippen molar-refractivity contribution in [1.82, 2.24) is 20.2 Å². The molecule has 3 aromatic rings. The second kappa shape index (κ2) is 8.01. The van der Waals surface area contributed by atoms with Crippen LogP contribution in [0.5, 0.6) is 0 Å². The van der Waals surface area contributed by atoms with Gasteiger partial charge in [0.15, 0.2) is 6.04 Å². The molecule has 140 valence electrons. The van der Waals surface area contributed by atoms with Gasteiger partial charge in [0.05, 0.1) is 6.54 Å². The van der Waals surface area contributed by atoms with Gasteiger partial charge in [0, 0.05) is 24.4 Å². The van der Waals surface area contributed by atoms with Crippen LogP contribution in [0.15, 0.2) is 54.6 Å². The molecule has 5 nitrogen and oxygen atoms in total. The van der Waals surface area contributed by atoms with Crippen molar-refractivity contribution in [2.75, 3.05) is 6.54 Å². The maximum absolute atomic E-state index is 4.46. The summed E-state index contributed by atoms with van der Waals surface area (Å²) < 4.78 is 2.02. The highest BCUT2D eigenvalue weighted by molar-refractivity contribution is 5.27. The van der Waals surface area contributed by atoms with E-state index in [-0.39, 0.29) is 0 Å². The number of rotatable bonds is 6. The van der Waals surface area contributed by atoms with Crippen LogP contribution in [-0.2, 0) is 25.9 Å². The largest absolute Gasteiger partial charge is 0.322 e. The Labute approximate surface area is 161 Å². The first kappa shape index (κ1) is 17.9. The van der Waals surface area contributed by atoms with Crippen LogP contribution in [0.3, 0.4) is 0 Å². The van der Waals surface area contributed by atoms with E-state index in [0.29, 0.717) is 12.0 Å². The van der Waals surface area contributed by atoms with Gasteiger partial charge in [0.25, 0.3) is 0 Å². The van der Waals surface area contributed by atoms with Crippen LogP contribution in [0, 0.1) is 5.92 Å². The number of benzene rings is 2. The zero-order valence-corrected chi connectivity index (χ0v) is 16.2. The number of tetrazole rings is 1. The Hall–Kier alpha value is -2.53. The second-order valence-electron chi connectivity index (χ2n) is 7.82. The van der Waals surface area contributed by atoms with Gasteiger partial charge in [-0.2, -0.15) is 0 Å². The first-order chi connectivity index (χ1) is 13.2. The van der Waals surface area contributed by atoms with Crippen molar-refractivity contribution in [3.63, 3.8) is 0 Å². The third-order valence-electron chi connectivity index (χ3n) is 5.65. The zero-order chi connectivity index (χ0) is 18.6. The van der Waals surface area contributed by atoms with Gasteiger partial charge in [-0.15, -0.1) is 5.10 Å². The van der Waals surface area contributed by atoms with Crippen LogP contribution in [0.4, 0.5) is 0 Å². The lowest BCUT2D eigenvalue weighted by Gasteiger charge is -2.34. The number of quaternary nitrogens is 1. The molecule has 0 bridgehead atoms. The van der Waals surface area contributed by atoms with Crippen molar-refractivity contribution < 1.29 is 4.90 Å². The molecule has 2 heterocycles. The van der Waals surface area contributed by atoms with E-state index in [4.69, 9.17) is 0 Å². The van der Waals surface area contributed by atoms with Gasteiger partial charge >= 0.3 is 0 Å². The van der Waals surface area contributed by atoms with Crippen molar-refractivity contribution in [1.29, 1.82) is 0 Å². The summed E-state index contributed by atoms with van der Waals surface area (Å²) in [6.45, 7) is 7.57. The Kier molecular flexibility index (Phi) is 5.30. The van der Waals surface area contributed by atoms with E-state index in [0.717, 1.165) is 38.3 Å². The highest BCUT2D eigenvalue weighted by Crippen LogP contribution is 2.19. The number of aryl methyl sites for hydroxylation is 2. The van der Waals surface area contributed by atoms with Gasteiger partial charge in [0.1, 0.15) is 6.54 Å². The molecule has 1 unspecified atom stereocenters. The molecule has 27 heavy (non-hydrogen) atoms. The Morgan fingerprint density at radius 2 is 1.74 bits per heavy atom. The van der Waals surface area contributed by atoms with E-state index in [9.17, 15) is 0 Å².